The molecule has 0 aliphatic heterocycles. The fraction of sp³-hybridized carbons (Fsp3) is 0.269. The number of pyridine rings is 1. The summed E-state index contributed by atoms with van der Waals surface area (Å²) in [6.07, 6.45) is 0.832. The molecule has 0 spiro atoms. The van der Waals surface area contributed by atoms with Crippen molar-refractivity contribution < 1.29 is 19.2 Å². The predicted octanol–water partition coefficient (Wildman–Crippen LogP) is 6.16. The first-order valence-corrected chi connectivity index (χ1v) is 11.9. The lowest BCUT2D eigenvalue weighted by Crippen LogP contribution is -2.32. The quantitative estimate of drug-likeness (QED) is 0.193. The molecule has 3 aromatic rings. The van der Waals surface area contributed by atoms with Crippen LogP contribution < -0.4 is 4.90 Å². The molecule has 3 rings (SSSR count). The average molecular weight is 540 g/mol. The van der Waals surface area contributed by atoms with Crippen molar-refractivity contribution in [1.29, 1.82) is 0 Å². The maximum atomic E-state index is 13.1. The maximum Gasteiger partial charge on any atom is 0.338 e. The molecule has 0 bridgehead atoms. The minimum atomic E-state index is -0.499. The van der Waals surface area contributed by atoms with Crippen molar-refractivity contribution in [3.8, 4) is 11.1 Å². The van der Waals surface area contributed by atoms with Crippen molar-refractivity contribution in [3.63, 3.8) is 0 Å². The summed E-state index contributed by atoms with van der Waals surface area (Å²) < 4.78 is 5.43. The van der Waals surface area contributed by atoms with Crippen LogP contribution in [0.2, 0.25) is 0 Å². The Hall–Kier alpha value is -3.59. The zero-order valence-corrected chi connectivity index (χ0v) is 21.6. The van der Waals surface area contributed by atoms with Gasteiger partial charge in [0.05, 0.1) is 29.8 Å². The van der Waals surface area contributed by atoms with E-state index in [2.05, 4.69) is 20.9 Å². The molecule has 0 fully saturated rings. The van der Waals surface area contributed by atoms with E-state index in [1.165, 1.54) is 12.0 Å². The number of aryl methyl sites for hydroxylation is 1. The van der Waals surface area contributed by atoms with Gasteiger partial charge in [-0.25, -0.2) is 9.78 Å². The summed E-state index contributed by atoms with van der Waals surface area (Å²) in [5, 5.41) is 11.9. The monoisotopic (exact) mass is 539 g/mol. The summed E-state index contributed by atoms with van der Waals surface area (Å²) in [7, 11) is 1.34. The summed E-state index contributed by atoms with van der Waals surface area (Å²) in [5.41, 5.74) is 3.53. The second-order valence-corrected chi connectivity index (χ2v) is 8.82. The van der Waals surface area contributed by atoms with Crippen LogP contribution >= 0.6 is 15.9 Å². The molecule has 8 nitrogen and oxygen atoms in total. The molecule has 0 saturated heterocycles. The molecule has 0 atom stereocenters. The predicted molar refractivity (Wildman–Crippen MR) is 137 cm³/mol. The Morgan fingerprint density at radius 1 is 1.11 bits per heavy atom. The largest absolute Gasteiger partial charge is 0.465 e. The number of aromatic nitrogens is 1. The SMILES string of the molecule is CCCC(=O)N(Cc1ccc(-c2ccccc2C(=O)OC)cc1)c1nc(C)c(Br)c(C)c1[N+](=O)[O-]. The van der Waals surface area contributed by atoms with E-state index in [-0.39, 0.29) is 30.4 Å². The molecule has 1 amide bonds. The second-order valence-electron chi connectivity index (χ2n) is 8.03. The van der Waals surface area contributed by atoms with Crippen LogP contribution in [0.3, 0.4) is 0 Å². The maximum absolute atomic E-state index is 13.1. The van der Waals surface area contributed by atoms with E-state index in [1.807, 2.05) is 43.3 Å². The van der Waals surface area contributed by atoms with E-state index in [9.17, 15) is 19.7 Å². The fourth-order valence-electron chi connectivity index (χ4n) is 3.84. The lowest BCUT2D eigenvalue weighted by Gasteiger charge is -2.23. The number of carbonyl (C=O) groups is 2. The van der Waals surface area contributed by atoms with Crippen LogP contribution in [0.15, 0.2) is 53.0 Å². The van der Waals surface area contributed by atoms with Crippen LogP contribution in [0.25, 0.3) is 11.1 Å². The van der Waals surface area contributed by atoms with E-state index in [1.54, 1.807) is 26.0 Å². The van der Waals surface area contributed by atoms with Gasteiger partial charge in [0, 0.05) is 16.5 Å². The number of hydrogen-bond acceptors (Lipinski definition) is 6. The number of benzene rings is 2. The Bertz CT molecular complexity index is 1270. The number of halogens is 1. The highest BCUT2D eigenvalue weighted by Gasteiger charge is 2.30. The summed E-state index contributed by atoms with van der Waals surface area (Å²) in [6, 6.07) is 14.5. The van der Waals surface area contributed by atoms with E-state index in [4.69, 9.17) is 4.74 Å². The van der Waals surface area contributed by atoms with E-state index in [0.29, 0.717) is 27.7 Å². The third-order valence-corrected chi connectivity index (χ3v) is 6.80. The van der Waals surface area contributed by atoms with Crippen LogP contribution in [-0.4, -0.2) is 28.9 Å². The fourth-order valence-corrected chi connectivity index (χ4v) is 4.11. The lowest BCUT2D eigenvalue weighted by atomic mass is 9.98. The Morgan fingerprint density at radius 2 is 1.77 bits per heavy atom. The molecular weight excluding hydrogens is 514 g/mol. The summed E-state index contributed by atoms with van der Waals surface area (Å²) in [5.74, 6) is -0.642. The first-order chi connectivity index (χ1) is 16.7. The molecule has 0 unspecified atom stereocenters. The van der Waals surface area contributed by atoms with Crippen molar-refractivity contribution in [2.45, 2.75) is 40.2 Å². The van der Waals surface area contributed by atoms with Gasteiger partial charge >= 0.3 is 11.7 Å². The molecule has 0 N–H and O–H groups in total. The van der Waals surface area contributed by atoms with Gasteiger partial charge in [0.1, 0.15) is 0 Å². The number of nitrogens with zero attached hydrogens (tertiary/aromatic N) is 3. The first-order valence-electron chi connectivity index (χ1n) is 11.1. The second kappa shape index (κ2) is 11.2. The average Bonchev–Trinajstić information content (AvgIpc) is 2.85. The third-order valence-electron chi connectivity index (χ3n) is 5.63. The Labute approximate surface area is 212 Å². The van der Waals surface area contributed by atoms with Gasteiger partial charge in [-0.05, 0) is 59.0 Å². The minimum absolute atomic E-state index is 0.0340. The lowest BCUT2D eigenvalue weighted by molar-refractivity contribution is -0.385. The number of ether oxygens (including phenoxy) is 1. The van der Waals surface area contributed by atoms with Gasteiger partial charge in [0.25, 0.3) is 0 Å². The highest BCUT2D eigenvalue weighted by atomic mass is 79.9. The Kier molecular flexibility index (Phi) is 8.34. The van der Waals surface area contributed by atoms with Gasteiger partial charge in [-0.15, -0.1) is 0 Å². The van der Waals surface area contributed by atoms with Gasteiger partial charge in [-0.3, -0.25) is 19.8 Å². The van der Waals surface area contributed by atoms with E-state index < -0.39 is 10.9 Å². The number of methoxy groups -OCH3 is 1. The van der Waals surface area contributed by atoms with Crippen LogP contribution in [0, 0.1) is 24.0 Å². The first kappa shape index (κ1) is 26.0. The molecule has 2 aromatic carbocycles. The number of amides is 1. The zero-order valence-electron chi connectivity index (χ0n) is 20.0. The van der Waals surface area contributed by atoms with Crippen LogP contribution in [-0.2, 0) is 16.1 Å². The van der Waals surface area contributed by atoms with Gasteiger partial charge in [-0.1, -0.05) is 49.4 Å². The van der Waals surface area contributed by atoms with Crippen LogP contribution in [0.5, 0.6) is 0 Å². The molecule has 35 heavy (non-hydrogen) atoms. The van der Waals surface area contributed by atoms with Crippen molar-refractivity contribution in [3.05, 3.63) is 85.5 Å². The summed E-state index contributed by atoms with van der Waals surface area (Å²) in [6.45, 7) is 5.37. The van der Waals surface area contributed by atoms with Gasteiger partial charge < -0.3 is 4.74 Å². The number of carbonyl (C=O) groups excluding carboxylic acids is 2. The van der Waals surface area contributed by atoms with E-state index in [0.717, 1.165) is 16.7 Å². The van der Waals surface area contributed by atoms with Gasteiger partial charge in [0.15, 0.2) is 0 Å². The molecule has 182 valence electrons. The topological polar surface area (TPSA) is 103 Å². The standard InChI is InChI=1S/C26H26BrN3O5/c1-5-8-22(31)29(25-24(30(33)34)16(2)23(27)17(3)28-25)15-18-11-13-19(14-12-18)20-9-6-7-10-21(20)26(32)35-4/h6-7,9-14H,5,8,15H2,1-4H3. The molecule has 1 heterocycles. The molecule has 1 aromatic heterocycles. The Morgan fingerprint density at radius 3 is 2.37 bits per heavy atom. The molecule has 9 heteroatoms. The van der Waals surface area contributed by atoms with Crippen molar-refractivity contribution in [2.75, 3.05) is 12.0 Å². The number of nitro groups is 1. The smallest absolute Gasteiger partial charge is 0.338 e. The van der Waals surface area contributed by atoms with Crippen LogP contribution in [0.4, 0.5) is 11.5 Å². The number of hydrogen-bond donors (Lipinski definition) is 0. The number of rotatable bonds is 8. The third kappa shape index (κ3) is 5.57. The normalized spacial score (nSPS) is 10.7. The highest BCUT2D eigenvalue weighted by molar-refractivity contribution is 9.10. The van der Waals surface area contributed by atoms with Crippen LogP contribution in [0.1, 0.15) is 46.9 Å². The molecule has 0 radical (unpaired) electrons. The Balaban J connectivity index is 2.03. The highest BCUT2D eigenvalue weighted by Crippen LogP contribution is 2.37. The van der Waals surface area contributed by atoms with Gasteiger partial charge in [-0.2, -0.15) is 0 Å². The summed E-state index contributed by atoms with van der Waals surface area (Å²) >= 11 is 3.36. The van der Waals surface area contributed by atoms with Crippen molar-refractivity contribution >= 4 is 39.3 Å². The summed E-state index contributed by atoms with van der Waals surface area (Å²) in [4.78, 5) is 42.5. The van der Waals surface area contributed by atoms with Gasteiger partial charge in [0.2, 0.25) is 11.7 Å². The van der Waals surface area contributed by atoms with Crippen molar-refractivity contribution in [2.24, 2.45) is 0 Å². The molecular formula is C26H26BrN3O5. The molecule has 0 aliphatic rings. The van der Waals surface area contributed by atoms with E-state index >= 15 is 0 Å². The molecule has 0 saturated carbocycles. The minimum Gasteiger partial charge on any atom is -0.465 e. The molecule has 0 aliphatic carbocycles. The number of anilines is 1. The zero-order chi connectivity index (χ0) is 25.7. The number of esters is 1. The van der Waals surface area contributed by atoms with Crippen molar-refractivity contribution in [1.82, 2.24) is 4.98 Å².